The molecule has 1 saturated heterocycles. The Morgan fingerprint density at radius 2 is 1.89 bits per heavy atom. The van der Waals surface area contributed by atoms with Crippen LogP contribution in [-0.2, 0) is 10.2 Å². The Kier molecular flexibility index (Phi) is 7.22. The fourth-order valence-corrected chi connectivity index (χ4v) is 6.63. The van der Waals surface area contributed by atoms with E-state index in [0.717, 1.165) is 22.1 Å². The van der Waals surface area contributed by atoms with Crippen molar-refractivity contribution in [2.75, 3.05) is 36.3 Å². The van der Waals surface area contributed by atoms with E-state index >= 15 is 0 Å². The molecule has 1 saturated carbocycles. The average molecular weight is 619 g/mol. The average Bonchev–Trinajstić information content (AvgIpc) is 3.49. The number of carboxylic acid groups (broad SMARTS) is 1. The highest BCUT2D eigenvalue weighted by molar-refractivity contribution is 7.90. The summed E-state index contributed by atoms with van der Waals surface area (Å²) >= 11 is 0. The van der Waals surface area contributed by atoms with Crippen LogP contribution in [0.3, 0.4) is 0 Å². The Balaban J connectivity index is 1.24. The minimum Gasteiger partial charge on any atom is -0.478 e. The minimum atomic E-state index is -3.99. The summed E-state index contributed by atoms with van der Waals surface area (Å²) in [5.41, 5.74) is 0.759. The Bertz CT molecular complexity index is 2000. The van der Waals surface area contributed by atoms with Crippen molar-refractivity contribution in [2.45, 2.75) is 13.0 Å². The number of carboxylic acids is 1. The number of carbonyl (C=O) groups is 1. The van der Waals surface area contributed by atoms with Crippen LogP contribution in [0.15, 0.2) is 65.7 Å². The molecule has 0 bridgehead atoms. The number of aromatic carboxylic acids is 1. The number of benzene rings is 3. The zero-order valence-corrected chi connectivity index (χ0v) is 24.5. The third-order valence-electron chi connectivity index (χ3n) is 8.24. The quantitative estimate of drug-likeness (QED) is 0.285. The molecule has 3 aromatic carbocycles. The molecule has 2 atom stereocenters. The van der Waals surface area contributed by atoms with Gasteiger partial charge in [0.2, 0.25) is 0 Å². The van der Waals surface area contributed by atoms with Crippen LogP contribution in [0.4, 0.5) is 15.8 Å². The molecule has 2 unspecified atom stereocenters. The molecule has 2 aliphatic rings. The van der Waals surface area contributed by atoms with Crippen molar-refractivity contribution >= 4 is 38.5 Å². The molecular weight excluding hydrogens is 591 g/mol. The normalized spacial score (nSPS) is 19.1. The Morgan fingerprint density at radius 1 is 1.18 bits per heavy atom. The van der Waals surface area contributed by atoms with E-state index in [1.807, 2.05) is 6.07 Å². The van der Waals surface area contributed by atoms with Crippen LogP contribution < -0.4 is 19.9 Å². The summed E-state index contributed by atoms with van der Waals surface area (Å²) < 4.78 is 50.6. The number of hydrogen-bond donors (Lipinski definition) is 2. The van der Waals surface area contributed by atoms with Gasteiger partial charge < -0.3 is 14.7 Å². The third kappa shape index (κ3) is 5.10. The summed E-state index contributed by atoms with van der Waals surface area (Å²) in [6, 6.07) is 15.1. The lowest BCUT2D eigenvalue weighted by Gasteiger charge is -2.22. The first-order valence-electron chi connectivity index (χ1n) is 13.8. The SMILES string of the molecule is CCN(C)S(=O)(=O)Nc1ccc(F)c(Oc2ccc3ncn(C4C5CN(c6ccc(C(=O)O)cc6)CC54)c(=O)c3c2)c1C#N. The standard InChI is InChI=1S/C30H27FN6O6S/c1-3-35(2)44(41,42)34-26-11-9-24(31)28(21(26)13-32)43-19-8-10-25-20(12-19)29(38)37(16-33-25)27-22-14-36(15-23(22)27)18-6-4-17(5-7-18)30(39)40/h4-12,16,22-23,27,34H,3,14-15H2,1-2H3,(H,39,40). The molecule has 44 heavy (non-hydrogen) atoms. The number of rotatable bonds is 9. The topological polar surface area (TPSA) is 158 Å². The van der Waals surface area contributed by atoms with Gasteiger partial charge in [-0.05, 0) is 54.6 Å². The second kappa shape index (κ2) is 10.9. The van der Waals surface area contributed by atoms with Crippen molar-refractivity contribution in [1.82, 2.24) is 13.9 Å². The molecule has 0 amide bonds. The summed E-state index contributed by atoms with van der Waals surface area (Å²) in [6.45, 7) is 3.23. The number of fused-ring (bicyclic) bond motifs is 2. The van der Waals surface area contributed by atoms with E-state index < -0.39 is 27.7 Å². The van der Waals surface area contributed by atoms with E-state index in [0.29, 0.717) is 18.6 Å². The number of anilines is 2. The van der Waals surface area contributed by atoms with Gasteiger partial charge in [-0.25, -0.2) is 14.2 Å². The predicted molar refractivity (Wildman–Crippen MR) is 160 cm³/mol. The second-order valence-corrected chi connectivity index (χ2v) is 12.5. The first kappa shape index (κ1) is 29.1. The van der Waals surface area contributed by atoms with Crippen molar-refractivity contribution < 1.29 is 27.4 Å². The predicted octanol–water partition coefficient (Wildman–Crippen LogP) is 3.81. The van der Waals surface area contributed by atoms with Crippen molar-refractivity contribution in [3.05, 3.63) is 88.2 Å². The summed E-state index contributed by atoms with van der Waals surface area (Å²) in [5.74, 6) is -1.84. The number of halogens is 1. The molecule has 2 N–H and O–H groups in total. The van der Waals surface area contributed by atoms with Crippen molar-refractivity contribution in [3.63, 3.8) is 0 Å². The van der Waals surface area contributed by atoms with E-state index in [9.17, 15) is 27.7 Å². The number of nitrogens with one attached hydrogen (secondary N) is 1. The lowest BCUT2D eigenvalue weighted by atomic mass is 10.1. The van der Waals surface area contributed by atoms with Crippen molar-refractivity contribution in [2.24, 2.45) is 11.8 Å². The molecular formula is C30H27FN6O6S. The molecule has 2 fully saturated rings. The molecule has 1 aromatic heterocycles. The van der Waals surface area contributed by atoms with Crippen LogP contribution in [0.25, 0.3) is 10.9 Å². The Labute approximate surface area is 251 Å². The first-order chi connectivity index (χ1) is 21.0. The van der Waals surface area contributed by atoms with Gasteiger partial charge in [-0.1, -0.05) is 6.92 Å². The maximum atomic E-state index is 14.9. The van der Waals surface area contributed by atoms with Crippen LogP contribution in [0.2, 0.25) is 0 Å². The smallest absolute Gasteiger partial charge is 0.335 e. The van der Waals surface area contributed by atoms with Gasteiger partial charge in [0.25, 0.3) is 5.56 Å². The lowest BCUT2D eigenvalue weighted by molar-refractivity contribution is 0.0697. The molecule has 6 rings (SSSR count). The minimum absolute atomic E-state index is 0.0490. The van der Waals surface area contributed by atoms with Crippen LogP contribution in [0, 0.1) is 29.0 Å². The monoisotopic (exact) mass is 618 g/mol. The van der Waals surface area contributed by atoms with Crippen LogP contribution >= 0.6 is 0 Å². The van der Waals surface area contributed by atoms with Gasteiger partial charge in [0.1, 0.15) is 17.4 Å². The highest BCUT2D eigenvalue weighted by atomic mass is 32.2. The van der Waals surface area contributed by atoms with Gasteiger partial charge in [-0.3, -0.25) is 14.1 Å². The lowest BCUT2D eigenvalue weighted by Crippen LogP contribution is -2.32. The molecule has 14 heteroatoms. The first-order valence-corrected chi connectivity index (χ1v) is 15.2. The summed E-state index contributed by atoms with van der Waals surface area (Å²) in [4.78, 5) is 31.3. The van der Waals surface area contributed by atoms with E-state index in [-0.39, 0.29) is 57.9 Å². The van der Waals surface area contributed by atoms with Gasteiger partial charge in [-0.2, -0.15) is 18.0 Å². The summed E-state index contributed by atoms with van der Waals surface area (Å²) in [5, 5.41) is 19.2. The van der Waals surface area contributed by atoms with Gasteiger partial charge in [-0.15, -0.1) is 0 Å². The number of aromatic nitrogens is 2. The zero-order chi connectivity index (χ0) is 31.3. The van der Waals surface area contributed by atoms with Crippen LogP contribution in [0.1, 0.15) is 28.9 Å². The van der Waals surface area contributed by atoms with E-state index in [2.05, 4.69) is 14.6 Å². The van der Waals surface area contributed by atoms with Crippen molar-refractivity contribution in [3.8, 4) is 17.6 Å². The molecule has 12 nitrogen and oxygen atoms in total. The maximum absolute atomic E-state index is 14.9. The molecule has 4 aromatic rings. The van der Waals surface area contributed by atoms with Gasteiger partial charge in [0.05, 0.1) is 28.5 Å². The Hall–Kier alpha value is -5.00. The number of piperidine rings is 1. The number of nitrogens with zero attached hydrogens (tertiary/aromatic N) is 5. The molecule has 0 spiro atoms. The number of hydrogen-bond acceptors (Lipinski definition) is 8. The molecule has 226 valence electrons. The highest BCUT2D eigenvalue weighted by Crippen LogP contribution is 2.55. The summed E-state index contributed by atoms with van der Waals surface area (Å²) in [6.07, 6.45) is 1.52. The van der Waals surface area contributed by atoms with E-state index in [1.165, 1.54) is 25.5 Å². The second-order valence-electron chi connectivity index (χ2n) is 10.7. The fraction of sp³-hybridized carbons (Fsp3) is 0.267. The third-order valence-corrected chi connectivity index (χ3v) is 9.80. The number of ether oxygens (including phenoxy) is 1. The molecule has 1 aliphatic heterocycles. The van der Waals surface area contributed by atoms with Gasteiger partial charge >= 0.3 is 16.2 Å². The Morgan fingerprint density at radius 3 is 2.52 bits per heavy atom. The zero-order valence-electron chi connectivity index (χ0n) is 23.6. The maximum Gasteiger partial charge on any atom is 0.335 e. The summed E-state index contributed by atoms with van der Waals surface area (Å²) in [7, 11) is -2.63. The molecule has 2 heterocycles. The van der Waals surface area contributed by atoms with Gasteiger partial charge in [0, 0.05) is 50.2 Å². The van der Waals surface area contributed by atoms with Crippen LogP contribution in [0.5, 0.6) is 11.5 Å². The largest absolute Gasteiger partial charge is 0.478 e. The molecule has 0 radical (unpaired) electrons. The van der Waals surface area contributed by atoms with E-state index in [4.69, 9.17) is 9.84 Å². The van der Waals surface area contributed by atoms with E-state index in [1.54, 1.807) is 41.8 Å². The van der Waals surface area contributed by atoms with Crippen molar-refractivity contribution in [1.29, 1.82) is 5.26 Å². The molecule has 1 aliphatic carbocycles. The fourth-order valence-electron chi connectivity index (χ4n) is 5.68. The van der Waals surface area contributed by atoms with Crippen LogP contribution in [-0.4, -0.2) is 60.0 Å². The number of nitriles is 1. The van der Waals surface area contributed by atoms with Gasteiger partial charge in [0.15, 0.2) is 11.6 Å². The highest BCUT2D eigenvalue weighted by Gasteiger charge is 2.57.